The Balaban J connectivity index is 2.14. The van der Waals surface area contributed by atoms with Crippen LogP contribution in [0.5, 0.6) is 0 Å². The lowest BCUT2D eigenvalue weighted by Gasteiger charge is -2.29. The first-order chi connectivity index (χ1) is 11.6. The normalized spacial score (nSPS) is 13.5. The molecule has 0 fully saturated rings. The predicted octanol–water partition coefficient (Wildman–Crippen LogP) is 3.58. The van der Waals surface area contributed by atoms with Crippen LogP contribution >= 0.6 is 0 Å². The van der Waals surface area contributed by atoms with Gasteiger partial charge in [0.2, 0.25) is 0 Å². The van der Waals surface area contributed by atoms with Crippen LogP contribution in [0, 0.1) is 0 Å². The van der Waals surface area contributed by atoms with E-state index < -0.39 is 6.10 Å². The van der Waals surface area contributed by atoms with Crippen LogP contribution in [0.3, 0.4) is 0 Å². The van der Waals surface area contributed by atoms with E-state index in [4.69, 9.17) is 0 Å². The lowest BCUT2D eigenvalue weighted by molar-refractivity contribution is -0.125. The Kier molecular flexibility index (Phi) is 6.91. The molecule has 0 unspecified atom stereocenters. The maximum atomic E-state index is 12.5. The van der Waals surface area contributed by atoms with Gasteiger partial charge in [0.05, 0.1) is 12.1 Å². The van der Waals surface area contributed by atoms with Gasteiger partial charge in [0, 0.05) is 19.5 Å². The summed E-state index contributed by atoms with van der Waals surface area (Å²) in [6.07, 6.45) is 0.726. The van der Waals surface area contributed by atoms with Crippen LogP contribution in [0.2, 0.25) is 0 Å². The Morgan fingerprint density at radius 3 is 1.92 bits per heavy atom. The van der Waals surface area contributed by atoms with Gasteiger partial charge < -0.3 is 5.11 Å². The van der Waals surface area contributed by atoms with Crippen molar-refractivity contribution < 1.29 is 9.90 Å². The third-order valence-corrected chi connectivity index (χ3v) is 4.15. The van der Waals surface area contributed by atoms with Gasteiger partial charge in [0.1, 0.15) is 0 Å². The molecule has 0 radical (unpaired) electrons. The third kappa shape index (κ3) is 5.44. The monoisotopic (exact) mass is 323 g/mol. The zero-order valence-electron chi connectivity index (χ0n) is 14.1. The zero-order chi connectivity index (χ0) is 17.4. The molecule has 1 N–H and O–H groups in total. The highest BCUT2D eigenvalue weighted by atomic mass is 16.3. The highest BCUT2D eigenvalue weighted by Gasteiger charge is 2.23. The van der Waals surface area contributed by atoms with Gasteiger partial charge in [-0.3, -0.25) is 9.69 Å². The summed E-state index contributed by atoms with van der Waals surface area (Å²) in [7, 11) is 0. The van der Waals surface area contributed by atoms with Crippen molar-refractivity contribution >= 4 is 5.78 Å². The Morgan fingerprint density at radius 1 is 1.04 bits per heavy atom. The number of carbonyl (C=O) groups is 1. The number of aliphatic hydroxyl groups excluding tert-OH is 1. The lowest BCUT2D eigenvalue weighted by Crippen LogP contribution is -2.39. The van der Waals surface area contributed by atoms with E-state index in [1.165, 1.54) is 6.08 Å². The Morgan fingerprint density at radius 2 is 1.50 bits per heavy atom. The molecule has 0 saturated heterocycles. The van der Waals surface area contributed by atoms with E-state index in [9.17, 15) is 9.90 Å². The van der Waals surface area contributed by atoms with Gasteiger partial charge in [-0.15, -0.1) is 6.58 Å². The quantitative estimate of drug-likeness (QED) is 0.717. The van der Waals surface area contributed by atoms with E-state index in [0.717, 1.165) is 11.1 Å². The van der Waals surface area contributed by atoms with Crippen molar-refractivity contribution in [1.29, 1.82) is 0 Å². The van der Waals surface area contributed by atoms with Crippen molar-refractivity contribution in [2.24, 2.45) is 0 Å². The number of hydrogen-bond acceptors (Lipinski definition) is 3. The molecule has 2 rings (SSSR count). The van der Waals surface area contributed by atoms with Crippen molar-refractivity contribution in [3.05, 3.63) is 84.4 Å². The van der Waals surface area contributed by atoms with Gasteiger partial charge >= 0.3 is 0 Å². The van der Waals surface area contributed by atoms with Crippen LogP contribution in [0.4, 0.5) is 0 Å². The molecule has 0 spiro atoms. The summed E-state index contributed by atoms with van der Waals surface area (Å²) in [5.41, 5.74) is 2.33. The Hall–Kier alpha value is -2.23. The molecule has 2 aromatic carbocycles. The molecule has 0 aliphatic carbocycles. The number of Topliss-reactive ketones (excluding diaryl/α,β-unsaturated/α-hetero) is 1. The van der Waals surface area contributed by atoms with Crippen molar-refractivity contribution in [1.82, 2.24) is 4.90 Å². The molecule has 3 heteroatoms. The molecule has 0 aromatic heterocycles. The van der Waals surface area contributed by atoms with E-state index >= 15 is 0 Å². The maximum absolute atomic E-state index is 12.5. The van der Waals surface area contributed by atoms with E-state index in [0.29, 0.717) is 13.1 Å². The Labute approximate surface area is 144 Å². The predicted molar refractivity (Wildman–Crippen MR) is 97.4 cm³/mol. The van der Waals surface area contributed by atoms with Crippen LogP contribution in [0.25, 0.3) is 0 Å². The summed E-state index contributed by atoms with van der Waals surface area (Å²) in [5, 5.41) is 9.68. The molecule has 0 aliphatic heterocycles. The van der Waals surface area contributed by atoms with Gasteiger partial charge in [-0.1, -0.05) is 66.7 Å². The summed E-state index contributed by atoms with van der Waals surface area (Å²) in [4.78, 5) is 14.6. The average Bonchev–Trinajstić information content (AvgIpc) is 2.62. The number of carbonyl (C=O) groups excluding carboxylic acids is 1. The van der Waals surface area contributed by atoms with Gasteiger partial charge in [0.25, 0.3) is 0 Å². The van der Waals surface area contributed by atoms with Crippen LogP contribution < -0.4 is 0 Å². The van der Waals surface area contributed by atoms with Crippen molar-refractivity contribution in [2.45, 2.75) is 38.6 Å². The fourth-order valence-corrected chi connectivity index (χ4v) is 2.63. The fraction of sp³-hybridized carbons (Fsp3) is 0.286. The molecule has 2 aromatic rings. The molecule has 0 saturated carbocycles. The number of aliphatic hydroxyl groups is 1. The number of rotatable bonds is 9. The highest BCUT2D eigenvalue weighted by Crippen LogP contribution is 2.15. The standard InChI is InChI=1S/C21H25NO2/c1-3-20(23)14-21(24)17(2)22(15-18-10-6-4-7-11-18)16-19-12-8-5-9-13-19/h3-13,17,20,23H,1,14-16H2,2H3/t17-,20-/m0/s1. The summed E-state index contributed by atoms with van der Waals surface area (Å²) in [6, 6.07) is 20.0. The number of hydrogen-bond donors (Lipinski definition) is 1. The fourth-order valence-electron chi connectivity index (χ4n) is 2.63. The van der Waals surface area contributed by atoms with Crippen LogP contribution in [-0.4, -0.2) is 27.9 Å². The second-order valence-corrected chi connectivity index (χ2v) is 6.03. The second kappa shape index (κ2) is 9.16. The minimum Gasteiger partial charge on any atom is -0.389 e. The van der Waals surface area contributed by atoms with E-state index in [2.05, 4.69) is 35.7 Å². The molecule has 126 valence electrons. The van der Waals surface area contributed by atoms with E-state index in [-0.39, 0.29) is 18.2 Å². The van der Waals surface area contributed by atoms with E-state index in [1.54, 1.807) is 0 Å². The minimum absolute atomic E-state index is 0.0225. The molecular weight excluding hydrogens is 298 g/mol. The Bertz CT molecular complexity index is 598. The highest BCUT2D eigenvalue weighted by molar-refractivity contribution is 5.84. The third-order valence-electron chi connectivity index (χ3n) is 4.15. The molecule has 0 heterocycles. The SMILES string of the molecule is C=C[C@H](O)CC(=O)[C@H](C)N(Cc1ccccc1)Cc1ccccc1. The van der Waals surface area contributed by atoms with E-state index in [1.807, 2.05) is 43.3 Å². The maximum Gasteiger partial charge on any atom is 0.152 e. The van der Waals surface area contributed by atoms with Crippen molar-refractivity contribution in [3.8, 4) is 0 Å². The van der Waals surface area contributed by atoms with Gasteiger partial charge in [-0.2, -0.15) is 0 Å². The molecule has 0 aliphatic rings. The van der Waals surface area contributed by atoms with Gasteiger partial charge in [-0.05, 0) is 18.1 Å². The topological polar surface area (TPSA) is 40.5 Å². The first-order valence-electron chi connectivity index (χ1n) is 8.25. The first-order valence-corrected chi connectivity index (χ1v) is 8.25. The molecule has 0 amide bonds. The summed E-state index contributed by atoms with van der Waals surface area (Å²) in [5.74, 6) is 0.0225. The molecule has 2 atom stereocenters. The van der Waals surface area contributed by atoms with Gasteiger partial charge in [0.15, 0.2) is 5.78 Å². The summed E-state index contributed by atoms with van der Waals surface area (Å²) < 4.78 is 0. The van der Waals surface area contributed by atoms with Crippen LogP contribution in [0.1, 0.15) is 24.5 Å². The largest absolute Gasteiger partial charge is 0.389 e. The number of nitrogens with zero attached hydrogens (tertiary/aromatic N) is 1. The minimum atomic E-state index is -0.782. The molecule has 0 bridgehead atoms. The van der Waals surface area contributed by atoms with Crippen molar-refractivity contribution in [3.63, 3.8) is 0 Å². The molecule has 3 nitrogen and oxygen atoms in total. The van der Waals surface area contributed by atoms with Crippen LogP contribution in [0.15, 0.2) is 73.3 Å². The molecule has 24 heavy (non-hydrogen) atoms. The summed E-state index contributed by atoms with van der Waals surface area (Å²) >= 11 is 0. The number of benzene rings is 2. The first kappa shape index (κ1) is 18.1. The summed E-state index contributed by atoms with van der Waals surface area (Å²) in [6.45, 7) is 6.82. The lowest BCUT2D eigenvalue weighted by atomic mass is 10.0. The number of ketones is 1. The van der Waals surface area contributed by atoms with Crippen LogP contribution in [-0.2, 0) is 17.9 Å². The zero-order valence-corrected chi connectivity index (χ0v) is 14.1. The van der Waals surface area contributed by atoms with Gasteiger partial charge in [-0.25, -0.2) is 0 Å². The smallest absolute Gasteiger partial charge is 0.152 e. The van der Waals surface area contributed by atoms with Crippen molar-refractivity contribution in [2.75, 3.05) is 0 Å². The molecular formula is C21H25NO2. The second-order valence-electron chi connectivity index (χ2n) is 6.03. The average molecular weight is 323 g/mol.